The first-order valence-corrected chi connectivity index (χ1v) is 12.0. The maximum absolute atomic E-state index is 12.3. The first kappa shape index (κ1) is 22.7. The second-order valence-electron chi connectivity index (χ2n) is 7.73. The molecule has 0 aliphatic heterocycles. The summed E-state index contributed by atoms with van der Waals surface area (Å²) in [5.74, 6) is 1.01. The van der Waals surface area contributed by atoms with Crippen LogP contribution in [-0.4, -0.2) is 54.0 Å². The Morgan fingerprint density at radius 2 is 1.89 bits per heavy atom. The molecule has 7 heteroatoms. The van der Waals surface area contributed by atoms with Crippen LogP contribution < -0.4 is 10.6 Å². The molecule has 1 aromatic rings. The monoisotopic (exact) mass is 409 g/mol. The van der Waals surface area contributed by atoms with Crippen LogP contribution in [0.25, 0.3) is 0 Å². The van der Waals surface area contributed by atoms with E-state index in [0.717, 1.165) is 31.1 Å². The molecule has 1 aliphatic rings. The molecule has 0 spiro atoms. The van der Waals surface area contributed by atoms with Crippen molar-refractivity contribution in [3.05, 3.63) is 35.9 Å². The normalized spacial score (nSPS) is 16.9. The number of sulfone groups is 1. The molecule has 0 heterocycles. The summed E-state index contributed by atoms with van der Waals surface area (Å²) >= 11 is 0. The zero-order valence-electron chi connectivity index (χ0n) is 17.2. The summed E-state index contributed by atoms with van der Waals surface area (Å²) in [6.07, 6.45) is 6.61. The average Bonchev–Trinajstić information content (AvgIpc) is 3.15. The Morgan fingerprint density at radius 1 is 1.18 bits per heavy atom. The van der Waals surface area contributed by atoms with Gasteiger partial charge in [0.15, 0.2) is 15.8 Å². The maximum atomic E-state index is 12.3. The van der Waals surface area contributed by atoms with Crippen LogP contribution >= 0.6 is 0 Å². The molecule has 158 valence electrons. The number of methoxy groups -OCH3 is 1. The summed E-state index contributed by atoms with van der Waals surface area (Å²) in [5.41, 5.74) is 1.12. The Kier molecular flexibility index (Phi) is 9.25. The van der Waals surface area contributed by atoms with E-state index in [1.54, 1.807) is 14.2 Å². The van der Waals surface area contributed by atoms with Crippen molar-refractivity contribution in [3.8, 4) is 0 Å². The molecule has 0 saturated heterocycles. The second-order valence-corrected chi connectivity index (χ2v) is 9.92. The van der Waals surface area contributed by atoms with Gasteiger partial charge in [0.25, 0.3) is 0 Å². The minimum Gasteiger partial charge on any atom is -0.385 e. The first-order valence-electron chi connectivity index (χ1n) is 10.2. The molecule has 0 aromatic heterocycles. The number of hydrogen-bond acceptors (Lipinski definition) is 4. The van der Waals surface area contributed by atoms with Gasteiger partial charge < -0.3 is 15.4 Å². The van der Waals surface area contributed by atoms with Crippen molar-refractivity contribution in [2.75, 3.05) is 39.6 Å². The quantitative estimate of drug-likeness (QED) is 0.334. The van der Waals surface area contributed by atoms with Crippen molar-refractivity contribution in [3.63, 3.8) is 0 Å². The molecule has 1 fully saturated rings. The molecule has 6 nitrogen and oxygen atoms in total. The lowest BCUT2D eigenvalue weighted by molar-refractivity contribution is 0.138. The maximum Gasteiger partial charge on any atom is 0.190 e. The van der Waals surface area contributed by atoms with Crippen molar-refractivity contribution in [2.24, 2.45) is 10.4 Å². The number of guanidine groups is 1. The average molecular weight is 410 g/mol. The topological polar surface area (TPSA) is 79.8 Å². The summed E-state index contributed by atoms with van der Waals surface area (Å²) in [7, 11) is 0.401. The lowest BCUT2D eigenvalue weighted by atomic mass is 9.83. The van der Waals surface area contributed by atoms with E-state index in [4.69, 9.17) is 4.74 Å². The van der Waals surface area contributed by atoms with E-state index in [-0.39, 0.29) is 16.9 Å². The van der Waals surface area contributed by atoms with Crippen LogP contribution in [0.4, 0.5) is 0 Å². The third-order valence-electron chi connectivity index (χ3n) is 5.51. The fourth-order valence-electron chi connectivity index (χ4n) is 3.85. The Balaban J connectivity index is 1.72. The van der Waals surface area contributed by atoms with Gasteiger partial charge in [0, 0.05) is 33.9 Å². The standard InChI is InChI=1S/C21H35N3O3S/c1-22-20(24-18-21(13-15-27-2)11-6-7-12-21)23-14-8-16-28(25,26)17-19-9-4-3-5-10-19/h3-5,9-10H,6-8,11-18H2,1-2H3,(H2,22,23,24). The largest absolute Gasteiger partial charge is 0.385 e. The fourth-order valence-corrected chi connectivity index (χ4v) is 5.28. The molecular formula is C21H35N3O3S. The molecule has 2 rings (SSSR count). The van der Waals surface area contributed by atoms with Gasteiger partial charge in [-0.05, 0) is 36.7 Å². The lowest BCUT2D eigenvalue weighted by Crippen LogP contribution is -2.43. The van der Waals surface area contributed by atoms with Gasteiger partial charge in [-0.3, -0.25) is 4.99 Å². The van der Waals surface area contributed by atoms with Gasteiger partial charge in [0.05, 0.1) is 11.5 Å². The highest BCUT2D eigenvalue weighted by molar-refractivity contribution is 7.90. The van der Waals surface area contributed by atoms with Crippen LogP contribution in [-0.2, 0) is 20.3 Å². The van der Waals surface area contributed by atoms with E-state index in [9.17, 15) is 8.42 Å². The van der Waals surface area contributed by atoms with E-state index in [2.05, 4.69) is 15.6 Å². The Hall–Kier alpha value is -1.60. The number of benzene rings is 1. The molecule has 1 aliphatic carbocycles. The third-order valence-corrected chi connectivity index (χ3v) is 7.19. The Labute approximate surface area is 170 Å². The third kappa shape index (κ3) is 7.80. The van der Waals surface area contributed by atoms with Gasteiger partial charge in [0.2, 0.25) is 0 Å². The summed E-state index contributed by atoms with van der Waals surface area (Å²) in [4.78, 5) is 4.28. The minimum absolute atomic E-state index is 0.100. The molecule has 28 heavy (non-hydrogen) atoms. The van der Waals surface area contributed by atoms with Gasteiger partial charge in [-0.2, -0.15) is 0 Å². The zero-order chi connectivity index (χ0) is 20.3. The van der Waals surface area contributed by atoms with Gasteiger partial charge >= 0.3 is 0 Å². The Bertz CT molecular complexity index is 699. The lowest BCUT2D eigenvalue weighted by Gasteiger charge is -2.30. The van der Waals surface area contributed by atoms with Gasteiger partial charge in [-0.25, -0.2) is 8.42 Å². The van der Waals surface area contributed by atoms with Crippen LogP contribution in [0.3, 0.4) is 0 Å². The van der Waals surface area contributed by atoms with Crippen LogP contribution in [0.15, 0.2) is 35.3 Å². The molecule has 0 amide bonds. The van der Waals surface area contributed by atoms with Crippen molar-refractivity contribution < 1.29 is 13.2 Å². The number of aliphatic imine (C=N–C) groups is 1. The predicted octanol–water partition coefficient (Wildman–Crippen LogP) is 2.75. The molecule has 0 bridgehead atoms. The van der Waals surface area contributed by atoms with E-state index in [0.29, 0.717) is 13.0 Å². The van der Waals surface area contributed by atoms with Crippen molar-refractivity contribution >= 4 is 15.8 Å². The number of hydrogen-bond donors (Lipinski definition) is 2. The summed E-state index contributed by atoms with van der Waals surface area (Å²) in [5, 5.41) is 6.68. The molecule has 1 aromatic carbocycles. The molecule has 0 atom stereocenters. The van der Waals surface area contributed by atoms with Crippen LogP contribution in [0.1, 0.15) is 44.1 Å². The highest BCUT2D eigenvalue weighted by Gasteiger charge is 2.33. The van der Waals surface area contributed by atoms with Gasteiger partial charge in [-0.15, -0.1) is 0 Å². The summed E-state index contributed by atoms with van der Waals surface area (Å²) in [6.45, 7) is 2.24. The predicted molar refractivity (Wildman–Crippen MR) is 115 cm³/mol. The summed E-state index contributed by atoms with van der Waals surface area (Å²) < 4.78 is 29.8. The number of rotatable bonds is 11. The molecule has 1 saturated carbocycles. The number of nitrogens with zero attached hydrogens (tertiary/aromatic N) is 1. The number of nitrogens with one attached hydrogen (secondary N) is 2. The zero-order valence-corrected chi connectivity index (χ0v) is 18.1. The molecular weight excluding hydrogens is 374 g/mol. The second kappa shape index (κ2) is 11.4. The van der Waals surface area contributed by atoms with E-state index in [1.165, 1.54) is 25.7 Å². The van der Waals surface area contributed by atoms with Crippen molar-refractivity contribution in [1.82, 2.24) is 10.6 Å². The van der Waals surface area contributed by atoms with Crippen LogP contribution in [0.2, 0.25) is 0 Å². The van der Waals surface area contributed by atoms with Gasteiger partial charge in [0.1, 0.15) is 0 Å². The highest BCUT2D eigenvalue weighted by atomic mass is 32.2. The minimum atomic E-state index is -3.10. The molecule has 2 N–H and O–H groups in total. The number of ether oxygens (including phenoxy) is 1. The summed E-state index contributed by atoms with van der Waals surface area (Å²) in [6, 6.07) is 9.33. The molecule has 0 unspecified atom stereocenters. The SMILES string of the molecule is CN=C(NCCCS(=O)(=O)Cc1ccccc1)NCC1(CCOC)CCCC1. The smallest absolute Gasteiger partial charge is 0.190 e. The first-order chi connectivity index (χ1) is 13.5. The van der Waals surface area contributed by atoms with Gasteiger partial charge in [-0.1, -0.05) is 43.2 Å². The fraction of sp³-hybridized carbons (Fsp3) is 0.667. The van der Waals surface area contributed by atoms with E-state index in [1.807, 2.05) is 30.3 Å². The Morgan fingerprint density at radius 3 is 2.54 bits per heavy atom. The van der Waals surface area contributed by atoms with Crippen LogP contribution in [0, 0.1) is 5.41 Å². The van der Waals surface area contributed by atoms with Crippen molar-refractivity contribution in [1.29, 1.82) is 0 Å². The van der Waals surface area contributed by atoms with Crippen molar-refractivity contribution in [2.45, 2.75) is 44.3 Å². The van der Waals surface area contributed by atoms with E-state index >= 15 is 0 Å². The van der Waals surface area contributed by atoms with Crippen LogP contribution in [0.5, 0.6) is 0 Å². The molecule has 0 radical (unpaired) electrons. The van der Waals surface area contributed by atoms with E-state index < -0.39 is 9.84 Å². The highest BCUT2D eigenvalue weighted by Crippen LogP contribution is 2.40.